The highest BCUT2D eigenvalue weighted by molar-refractivity contribution is 7.88. The molecule has 7 nitrogen and oxygen atoms in total. The molecule has 0 unspecified atom stereocenters. The van der Waals surface area contributed by atoms with E-state index in [2.05, 4.69) is 14.9 Å². The first-order chi connectivity index (χ1) is 12.7. The van der Waals surface area contributed by atoms with Gasteiger partial charge in [0, 0.05) is 31.8 Å². The first-order valence-corrected chi connectivity index (χ1v) is 12.2. The summed E-state index contributed by atoms with van der Waals surface area (Å²) in [7, 11) is -3.26. The van der Waals surface area contributed by atoms with Gasteiger partial charge in [0.2, 0.25) is 10.0 Å². The standard InChI is InChI=1S/C19H38N4O3S/c1-5-20-18(21-15-19(2,3)22-27(4,24)25)23-12-10-17(11-13-23)26-14-16-8-6-7-9-16/h16-17,22H,5-15H2,1-4H3,(H,20,21). The first kappa shape index (κ1) is 22.4. The van der Waals surface area contributed by atoms with Crippen LogP contribution in [0.4, 0.5) is 0 Å². The molecule has 0 amide bonds. The normalized spacial score (nSPS) is 21.0. The summed E-state index contributed by atoms with van der Waals surface area (Å²) in [5, 5.41) is 3.34. The number of likely N-dealkylation sites (tertiary alicyclic amines) is 1. The van der Waals surface area contributed by atoms with Crippen molar-refractivity contribution in [2.75, 3.05) is 39.0 Å². The van der Waals surface area contributed by atoms with Crippen LogP contribution in [0.1, 0.15) is 59.3 Å². The molecule has 0 bridgehead atoms. The fourth-order valence-corrected chi connectivity index (χ4v) is 4.98. The average molecular weight is 403 g/mol. The Morgan fingerprint density at radius 3 is 2.37 bits per heavy atom. The van der Waals surface area contributed by atoms with Crippen molar-refractivity contribution in [2.24, 2.45) is 10.9 Å². The quantitative estimate of drug-likeness (QED) is 0.479. The molecule has 1 saturated heterocycles. The molecule has 0 aromatic carbocycles. The van der Waals surface area contributed by atoms with E-state index in [-0.39, 0.29) is 0 Å². The smallest absolute Gasteiger partial charge is 0.209 e. The first-order valence-electron chi connectivity index (χ1n) is 10.3. The zero-order chi connectivity index (χ0) is 19.9. The zero-order valence-electron chi connectivity index (χ0n) is 17.5. The molecule has 0 aromatic rings. The minimum absolute atomic E-state index is 0.355. The van der Waals surface area contributed by atoms with Crippen LogP contribution in [-0.2, 0) is 14.8 Å². The van der Waals surface area contributed by atoms with Crippen molar-refractivity contribution >= 4 is 16.0 Å². The number of nitrogens with one attached hydrogen (secondary N) is 2. The third-order valence-corrected chi connectivity index (χ3v) is 6.13. The monoisotopic (exact) mass is 402 g/mol. The van der Waals surface area contributed by atoms with Crippen LogP contribution in [0.5, 0.6) is 0 Å². The highest BCUT2D eigenvalue weighted by atomic mass is 32.2. The summed E-state index contributed by atoms with van der Waals surface area (Å²) in [5.74, 6) is 1.63. The molecular weight excluding hydrogens is 364 g/mol. The molecule has 2 aliphatic rings. The molecule has 1 aliphatic carbocycles. The Bertz CT molecular complexity index is 578. The maximum atomic E-state index is 11.5. The number of nitrogens with zero attached hydrogens (tertiary/aromatic N) is 2. The van der Waals surface area contributed by atoms with Crippen LogP contribution < -0.4 is 10.0 Å². The van der Waals surface area contributed by atoms with Crippen molar-refractivity contribution in [3.05, 3.63) is 0 Å². The third kappa shape index (κ3) is 8.35. The van der Waals surface area contributed by atoms with E-state index in [1.807, 2.05) is 20.8 Å². The lowest BCUT2D eigenvalue weighted by atomic mass is 10.1. The maximum Gasteiger partial charge on any atom is 0.209 e. The molecule has 0 atom stereocenters. The molecule has 27 heavy (non-hydrogen) atoms. The van der Waals surface area contributed by atoms with Crippen LogP contribution in [0.25, 0.3) is 0 Å². The Morgan fingerprint density at radius 1 is 1.19 bits per heavy atom. The van der Waals surface area contributed by atoms with E-state index in [9.17, 15) is 8.42 Å². The number of rotatable bonds is 8. The highest BCUT2D eigenvalue weighted by Gasteiger charge is 2.26. The Hall–Kier alpha value is -0.860. The topological polar surface area (TPSA) is 83.0 Å². The number of ether oxygens (including phenoxy) is 1. The Kier molecular flexibility index (Phi) is 8.37. The number of hydrogen-bond acceptors (Lipinski definition) is 4. The maximum absolute atomic E-state index is 11.5. The van der Waals surface area contributed by atoms with Gasteiger partial charge in [-0.3, -0.25) is 4.99 Å². The number of hydrogen-bond donors (Lipinski definition) is 2. The van der Waals surface area contributed by atoms with Crippen molar-refractivity contribution in [2.45, 2.75) is 70.9 Å². The van der Waals surface area contributed by atoms with Crippen LogP contribution in [0.2, 0.25) is 0 Å². The predicted octanol–water partition coefficient (Wildman–Crippen LogP) is 1.95. The van der Waals surface area contributed by atoms with Crippen molar-refractivity contribution in [1.29, 1.82) is 0 Å². The molecule has 1 heterocycles. The fourth-order valence-electron chi connectivity index (χ4n) is 3.92. The van der Waals surface area contributed by atoms with Gasteiger partial charge in [-0.25, -0.2) is 13.1 Å². The minimum Gasteiger partial charge on any atom is -0.378 e. The van der Waals surface area contributed by atoms with E-state index in [4.69, 9.17) is 9.73 Å². The Balaban J connectivity index is 1.83. The van der Waals surface area contributed by atoms with Gasteiger partial charge in [-0.15, -0.1) is 0 Å². The van der Waals surface area contributed by atoms with Crippen LogP contribution in [0.15, 0.2) is 4.99 Å². The number of piperidine rings is 1. The van der Waals surface area contributed by atoms with Gasteiger partial charge in [0.25, 0.3) is 0 Å². The largest absolute Gasteiger partial charge is 0.378 e. The highest BCUT2D eigenvalue weighted by Crippen LogP contribution is 2.26. The molecular formula is C19H38N4O3S. The molecule has 0 radical (unpaired) electrons. The van der Waals surface area contributed by atoms with E-state index < -0.39 is 15.6 Å². The zero-order valence-corrected chi connectivity index (χ0v) is 18.3. The summed E-state index contributed by atoms with van der Waals surface area (Å²) in [6.45, 7) is 9.69. The van der Waals surface area contributed by atoms with Crippen molar-refractivity contribution < 1.29 is 13.2 Å². The van der Waals surface area contributed by atoms with E-state index in [1.165, 1.54) is 31.9 Å². The predicted molar refractivity (Wildman–Crippen MR) is 111 cm³/mol. The van der Waals surface area contributed by atoms with Crippen molar-refractivity contribution in [3.63, 3.8) is 0 Å². The van der Waals surface area contributed by atoms with Gasteiger partial charge < -0.3 is 15.0 Å². The second-order valence-electron chi connectivity index (χ2n) is 8.60. The SMILES string of the molecule is CCNC(=NCC(C)(C)NS(C)(=O)=O)N1CCC(OCC2CCCC2)CC1. The van der Waals surface area contributed by atoms with Crippen molar-refractivity contribution in [1.82, 2.24) is 14.9 Å². The lowest BCUT2D eigenvalue weighted by molar-refractivity contribution is 0.00100. The Morgan fingerprint density at radius 2 is 1.81 bits per heavy atom. The van der Waals surface area contributed by atoms with Gasteiger partial charge in [0.15, 0.2) is 5.96 Å². The molecule has 158 valence electrons. The van der Waals surface area contributed by atoms with E-state index in [0.717, 1.165) is 51.0 Å². The van der Waals surface area contributed by atoms with Crippen molar-refractivity contribution in [3.8, 4) is 0 Å². The average Bonchev–Trinajstić information content (AvgIpc) is 3.09. The van der Waals surface area contributed by atoms with Crippen LogP contribution in [-0.4, -0.2) is 70.0 Å². The second-order valence-corrected chi connectivity index (χ2v) is 10.3. The summed E-state index contributed by atoms with van der Waals surface area (Å²) in [6.07, 6.45) is 8.94. The van der Waals surface area contributed by atoms with E-state index in [1.54, 1.807) is 0 Å². The molecule has 0 aromatic heterocycles. The van der Waals surface area contributed by atoms with Crippen LogP contribution in [0.3, 0.4) is 0 Å². The van der Waals surface area contributed by atoms with Gasteiger partial charge in [-0.1, -0.05) is 12.8 Å². The van der Waals surface area contributed by atoms with E-state index >= 15 is 0 Å². The summed E-state index contributed by atoms with van der Waals surface area (Å²) in [4.78, 5) is 6.95. The third-order valence-electron chi connectivity index (χ3n) is 5.20. The summed E-state index contributed by atoms with van der Waals surface area (Å²) >= 11 is 0. The minimum atomic E-state index is -3.26. The lowest BCUT2D eigenvalue weighted by Crippen LogP contribution is -2.49. The molecule has 8 heteroatoms. The van der Waals surface area contributed by atoms with Gasteiger partial charge in [-0.05, 0) is 52.4 Å². The second kappa shape index (κ2) is 10.1. The summed E-state index contributed by atoms with van der Waals surface area (Å²) in [5.41, 5.74) is -0.614. The number of guanidine groups is 1. The van der Waals surface area contributed by atoms with Gasteiger partial charge in [-0.2, -0.15) is 0 Å². The van der Waals surface area contributed by atoms with Gasteiger partial charge in [0.1, 0.15) is 0 Å². The number of sulfonamides is 1. The van der Waals surface area contributed by atoms with Crippen LogP contribution >= 0.6 is 0 Å². The van der Waals surface area contributed by atoms with Gasteiger partial charge >= 0.3 is 0 Å². The van der Waals surface area contributed by atoms with Crippen LogP contribution in [0, 0.1) is 5.92 Å². The molecule has 1 aliphatic heterocycles. The Labute approximate surface area is 165 Å². The fraction of sp³-hybridized carbons (Fsp3) is 0.947. The molecule has 2 rings (SSSR count). The van der Waals surface area contributed by atoms with Gasteiger partial charge in [0.05, 0.1) is 18.9 Å². The number of aliphatic imine (C=N–C) groups is 1. The molecule has 1 saturated carbocycles. The summed E-state index contributed by atoms with van der Waals surface area (Å²) in [6, 6.07) is 0. The molecule has 0 spiro atoms. The summed E-state index contributed by atoms with van der Waals surface area (Å²) < 4.78 is 31.8. The lowest BCUT2D eigenvalue weighted by Gasteiger charge is -2.35. The van der Waals surface area contributed by atoms with E-state index in [0.29, 0.717) is 12.6 Å². The molecule has 2 fully saturated rings. The molecule has 2 N–H and O–H groups in total.